The number of benzene rings is 1. The van der Waals surface area contributed by atoms with Crippen LogP contribution in [0.3, 0.4) is 0 Å². The highest BCUT2D eigenvalue weighted by atomic mass is 32.2. The number of rotatable bonds is 5. The first kappa shape index (κ1) is 15.2. The van der Waals surface area contributed by atoms with Crippen LogP contribution in [0.1, 0.15) is 6.92 Å². The summed E-state index contributed by atoms with van der Waals surface area (Å²) in [4.78, 5) is 3.72. The van der Waals surface area contributed by atoms with E-state index in [0.717, 1.165) is 24.4 Å². The lowest BCUT2D eigenvalue weighted by molar-refractivity contribution is 0.582. The van der Waals surface area contributed by atoms with Crippen molar-refractivity contribution in [1.29, 1.82) is 0 Å². The monoisotopic (exact) mass is 313 g/mol. The van der Waals surface area contributed by atoms with Crippen LogP contribution in [0, 0.1) is 11.6 Å². The van der Waals surface area contributed by atoms with Crippen molar-refractivity contribution in [1.82, 2.24) is 4.98 Å². The Kier molecular flexibility index (Phi) is 4.37. The molecule has 0 amide bonds. The minimum atomic E-state index is -4.11. The fourth-order valence-electron chi connectivity index (χ4n) is 1.61. The summed E-state index contributed by atoms with van der Waals surface area (Å²) in [6, 6.07) is 5.85. The van der Waals surface area contributed by atoms with Crippen molar-refractivity contribution in [3.05, 3.63) is 48.2 Å². The molecule has 0 saturated carbocycles. The van der Waals surface area contributed by atoms with Gasteiger partial charge in [-0.05, 0) is 31.2 Å². The Labute approximate surface area is 121 Å². The fourth-order valence-corrected chi connectivity index (χ4v) is 2.63. The molecule has 1 aromatic carbocycles. The summed E-state index contributed by atoms with van der Waals surface area (Å²) in [5, 5.41) is 2.91. The van der Waals surface area contributed by atoms with E-state index < -0.39 is 27.3 Å². The summed E-state index contributed by atoms with van der Waals surface area (Å²) < 4.78 is 53.0. The maximum atomic E-state index is 13.5. The van der Waals surface area contributed by atoms with Crippen molar-refractivity contribution in [2.45, 2.75) is 11.8 Å². The number of sulfonamides is 1. The molecule has 8 heteroatoms. The van der Waals surface area contributed by atoms with E-state index in [-0.39, 0.29) is 4.90 Å². The number of aromatic nitrogens is 1. The van der Waals surface area contributed by atoms with Crippen molar-refractivity contribution in [3.8, 4) is 0 Å². The van der Waals surface area contributed by atoms with Crippen LogP contribution in [-0.2, 0) is 10.0 Å². The van der Waals surface area contributed by atoms with Crippen molar-refractivity contribution in [2.75, 3.05) is 16.6 Å². The Morgan fingerprint density at radius 1 is 1.14 bits per heavy atom. The maximum absolute atomic E-state index is 13.5. The normalized spacial score (nSPS) is 11.2. The molecule has 2 aromatic rings. The van der Waals surface area contributed by atoms with E-state index in [2.05, 4.69) is 10.3 Å². The third-order valence-electron chi connectivity index (χ3n) is 2.60. The van der Waals surface area contributed by atoms with Crippen molar-refractivity contribution in [2.24, 2.45) is 0 Å². The molecule has 2 rings (SSSR count). The van der Waals surface area contributed by atoms with Gasteiger partial charge >= 0.3 is 0 Å². The molecule has 21 heavy (non-hydrogen) atoms. The molecule has 0 bridgehead atoms. The van der Waals surface area contributed by atoms with Gasteiger partial charge in [0.25, 0.3) is 10.0 Å². The van der Waals surface area contributed by atoms with Gasteiger partial charge in [-0.15, -0.1) is 0 Å². The maximum Gasteiger partial charge on any atom is 0.263 e. The molecular weight excluding hydrogens is 300 g/mol. The number of nitrogens with one attached hydrogen (secondary N) is 2. The van der Waals surface area contributed by atoms with Crippen LogP contribution < -0.4 is 10.0 Å². The minimum absolute atomic E-state index is 0.188. The second-order valence-corrected chi connectivity index (χ2v) is 5.79. The van der Waals surface area contributed by atoms with Crippen molar-refractivity contribution < 1.29 is 17.2 Å². The topological polar surface area (TPSA) is 71.1 Å². The molecule has 0 atom stereocenters. The third kappa shape index (κ3) is 3.46. The second kappa shape index (κ2) is 6.04. The van der Waals surface area contributed by atoms with Crippen LogP contribution in [0.5, 0.6) is 0 Å². The molecule has 1 aromatic heterocycles. The van der Waals surface area contributed by atoms with Crippen LogP contribution in [0.25, 0.3) is 0 Å². The number of halogens is 2. The Bertz CT molecular complexity index is 713. The average Bonchev–Trinajstić information content (AvgIpc) is 2.44. The van der Waals surface area contributed by atoms with Gasteiger partial charge in [0, 0.05) is 12.7 Å². The highest BCUT2D eigenvalue weighted by Crippen LogP contribution is 2.22. The van der Waals surface area contributed by atoms with Gasteiger partial charge in [0.2, 0.25) is 0 Å². The lowest BCUT2D eigenvalue weighted by Crippen LogP contribution is -2.15. The van der Waals surface area contributed by atoms with E-state index in [4.69, 9.17) is 0 Å². The SMILES string of the molecule is CCNc1ccc(S(=O)(=O)Nc2c(F)cccc2F)cn1. The molecule has 0 aliphatic rings. The predicted octanol–water partition coefficient (Wildman–Crippen LogP) is 2.59. The van der Waals surface area contributed by atoms with Gasteiger partial charge in [0.1, 0.15) is 28.0 Å². The number of anilines is 2. The van der Waals surface area contributed by atoms with Crippen LogP contribution in [0.2, 0.25) is 0 Å². The zero-order valence-corrected chi connectivity index (χ0v) is 11.9. The summed E-state index contributed by atoms with van der Waals surface area (Å²) >= 11 is 0. The lowest BCUT2D eigenvalue weighted by atomic mass is 10.3. The third-order valence-corrected chi connectivity index (χ3v) is 3.94. The Morgan fingerprint density at radius 3 is 2.33 bits per heavy atom. The lowest BCUT2D eigenvalue weighted by Gasteiger charge is -2.10. The highest BCUT2D eigenvalue weighted by Gasteiger charge is 2.19. The van der Waals surface area contributed by atoms with E-state index in [1.165, 1.54) is 12.1 Å². The number of para-hydroxylation sites is 1. The summed E-state index contributed by atoms with van der Waals surface area (Å²) in [6.45, 7) is 2.51. The summed E-state index contributed by atoms with van der Waals surface area (Å²) in [6.07, 6.45) is 1.11. The molecule has 0 saturated heterocycles. The van der Waals surface area contributed by atoms with E-state index in [1.807, 2.05) is 11.6 Å². The summed E-state index contributed by atoms with van der Waals surface area (Å²) in [5.74, 6) is -1.47. The quantitative estimate of drug-likeness (QED) is 0.890. The van der Waals surface area contributed by atoms with E-state index in [9.17, 15) is 17.2 Å². The van der Waals surface area contributed by atoms with Crippen molar-refractivity contribution >= 4 is 21.5 Å². The largest absolute Gasteiger partial charge is 0.370 e. The van der Waals surface area contributed by atoms with Gasteiger partial charge in [-0.25, -0.2) is 22.2 Å². The molecule has 1 heterocycles. The Morgan fingerprint density at radius 2 is 1.81 bits per heavy atom. The van der Waals surface area contributed by atoms with E-state index in [0.29, 0.717) is 12.4 Å². The molecule has 0 unspecified atom stereocenters. The molecule has 2 N–H and O–H groups in total. The highest BCUT2D eigenvalue weighted by molar-refractivity contribution is 7.92. The molecule has 0 fully saturated rings. The zero-order valence-electron chi connectivity index (χ0n) is 11.1. The van der Waals surface area contributed by atoms with Crippen molar-refractivity contribution in [3.63, 3.8) is 0 Å². The molecule has 5 nitrogen and oxygen atoms in total. The Balaban J connectivity index is 2.30. The predicted molar refractivity (Wildman–Crippen MR) is 75.6 cm³/mol. The fraction of sp³-hybridized carbons (Fsp3) is 0.154. The molecule has 0 aliphatic heterocycles. The summed E-state index contributed by atoms with van der Waals surface area (Å²) in [7, 11) is -4.11. The average molecular weight is 313 g/mol. The van der Waals surface area contributed by atoms with Gasteiger partial charge in [-0.3, -0.25) is 4.72 Å². The van der Waals surface area contributed by atoms with Gasteiger partial charge in [-0.2, -0.15) is 0 Å². The molecular formula is C13H13F2N3O2S. The van der Waals surface area contributed by atoms with Crippen LogP contribution in [0.15, 0.2) is 41.4 Å². The van der Waals surface area contributed by atoms with Crippen LogP contribution in [0.4, 0.5) is 20.3 Å². The number of hydrogen-bond donors (Lipinski definition) is 2. The molecule has 112 valence electrons. The standard InChI is InChI=1S/C13H13F2N3O2S/c1-2-16-12-7-6-9(8-17-12)21(19,20)18-13-10(14)4-3-5-11(13)15/h3-8,18H,2H2,1H3,(H,16,17). The first-order chi connectivity index (χ1) is 9.94. The van der Waals surface area contributed by atoms with Gasteiger partial charge < -0.3 is 5.32 Å². The summed E-state index contributed by atoms with van der Waals surface area (Å²) in [5.41, 5.74) is -0.715. The molecule has 0 aliphatic carbocycles. The smallest absolute Gasteiger partial charge is 0.263 e. The van der Waals surface area contributed by atoms with E-state index >= 15 is 0 Å². The number of pyridine rings is 1. The second-order valence-electron chi connectivity index (χ2n) is 4.11. The van der Waals surface area contributed by atoms with Gasteiger partial charge in [0.05, 0.1) is 0 Å². The van der Waals surface area contributed by atoms with E-state index in [1.54, 1.807) is 0 Å². The van der Waals surface area contributed by atoms with Crippen LogP contribution >= 0.6 is 0 Å². The van der Waals surface area contributed by atoms with Crippen LogP contribution in [-0.4, -0.2) is 19.9 Å². The number of nitrogens with zero attached hydrogens (tertiary/aromatic N) is 1. The Hall–Kier alpha value is -2.22. The number of hydrogen-bond acceptors (Lipinski definition) is 4. The molecule has 0 spiro atoms. The zero-order chi connectivity index (χ0) is 15.5. The molecule has 0 radical (unpaired) electrons. The first-order valence-corrected chi connectivity index (χ1v) is 7.59. The minimum Gasteiger partial charge on any atom is -0.370 e. The van der Waals surface area contributed by atoms with Gasteiger partial charge in [0.15, 0.2) is 0 Å². The first-order valence-electron chi connectivity index (χ1n) is 6.11. The van der Waals surface area contributed by atoms with Gasteiger partial charge in [-0.1, -0.05) is 6.07 Å².